The predicted molar refractivity (Wildman–Crippen MR) is 82.8 cm³/mol. The van der Waals surface area contributed by atoms with E-state index in [1.165, 1.54) is 0 Å². The summed E-state index contributed by atoms with van der Waals surface area (Å²) in [6.45, 7) is 6.13. The summed E-state index contributed by atoms with van der Waals surface area (Å²) in [5.41, 5.74) is 0.683. The Morgan fingerprint density at radius 1 is 1.43 bits per heavy atom. The van der Waals surface area contributed by atoms with Gasteiger partial charge in [0.25, 0.3) is 0 Å². The maximum atomic E-state index is 11.9. The Balaban J connectivity index is 1.84. The second-order valence-corrected chi connectivity index (χ2v) is 5.67. The van der Waals surface area contributed by atoms with Crippen molar-refractivity contribution < 1.29 is 14.3 Å². The molecule has 2 N–H and O–H groups in total. The van der Waals surface area contributed by atoms with Crippen LogP contribution in [0.1, 0.15) is 26.7 Å². The smallest absolute Gasteiger partial charge is 0.319 e. The molecule has 2 amide bonds. The molecule has 5 nitrogen and oxygen atoms in total. The van der Waals surface area contributed by atoms with Gasteiger partial charge in [0.1, 0.15) is 5.75 Å². The molecule has 0 aliphatic carbocycles. The van der Waals surface area contributed by atoms with Gasteiger partial charge in [-0.25, -0.2) is 4.79 Å². The number of urea groups is 1. The summed E-state index contributed by atoms with van der Waals surface area (Å²) >= 11 is 0. The van der Waals surface area contributed by atoms with Crippen molar-refractivity contribution >= 4 is 11.7 Å². The fraction of sp³-hybridized carbons (Fsp3) is 0.562. The molecular formula is C16H24N2O3. The second kappa shape index (κ2) is 7.88. The maximum Gasteiger partial charge on any atom is 0.319 e. The maximum absolute atomic E-state index is 11.9. The van der Waals surface area contributed by atoms with Crippen molar-refractivity contribution in [2.24, 2.45) is 5.92 Å². The minimum atomic E-state index is -0.230. The number of amides is 2. The van der Waals surface area contributed by atoms with Crippen molar-refractivity contribution in [3.63, 3.8) is 0 Å². The Hall–Kier alpha value is -1.75. The molecule has 1 aromatic carbocycles. The highest BCUT2D eigenvalue weighted by atomic mass is 16.5. The summed E-state index contributed by atoms with van der Waals surface area (Å²) in [4.78, 5) is 11.9. The lowest BCUT2D eigenvalue weighted by Gasteiger charge is -2.15. The average molecular weight is 292 g/mol. The number of para-hydroxylation sites is 2. The van der Waals surface area contributed by atoms with Crippen LogP contribution in [-0.2, 0) is 4.74 Å². The Bertz CT molecular complexity index is 457. The van der Waals surface area contributed by atoms with E-state index < -0.39 is 0 Å². The predicted octanol–water partition coefficient (Wildman–Crippen LogP) is 3.02. The SMILES string of the molecule is CC(C)COc1ccccc1NC(=O)NCC1CCCO1. The van der Waals surface area contributed by atoms with Crippen molar-refractivity contribution in [3.05, 3.63) is 24.3 Å². The van der Waals surface area contributed by atoms with Crippen LogP contribution in [0.15, 0.2) is 24.3 Å². The first-order valence-corrected chi connectivity index (χ1v) is 7.53. The zero-order valence-corrected chi connectivity index (χ0v) is 12.7. The topological polar surface area (TPSA) is 59.6 Å². The Morgan fingerprint density at radius 3 is 2.95 bits per heavy atom. The molecule has 116 valence electrons. The molecule has 0 aromatic heterocycles. The number of benzene rings is 1. The summed E-state index contributed by atoms with van der Waals surface area (Å²) in [6, 6.07) is 7.23. The first-order chi connectivity index (χ1) is 10.1. The highest BCUT2D eigenvalue weighted by molar-refractivity contribution is 5.90. The van der Waals surface area contributed by atoms with Crippen LogP contribution < -0.4 is 15.4 Å². The van der Waals surface area contributed by atoms with E-state index in [9.17, 15) is 4.79 Å². The van der Waals surface area contributed by atoms with Crippen molar-refractivity contribution in [2.45, 2.75) is 32.8 Å². The fourth-order valence-electron chi connectivity index (χ4n) is 2.13. The van der Waals surface area contributed by atoms with Crippen LogP contribution in [0.5, 0.6) is 5.75 Å². The largest absolute Gasteiger partial charge is 0.491 e. The standard InChI is InChI=1S/C16H24N2O3/c1-12(2)11-21-15-8-4-3-7-14(15)18-16(19)17-10-13-6-5-9-20-13/h3-4,7-8,12-13H,5-6,9-11H2,1-2H3,(H2,17,18,19). The number of hydrogen-bond acceptors (Lipinski definition) is 3. The average Bonchev–Trinajstić information content (AvgIpc) is 2.97. The van der Waals surface area contributed by atoms with Gasteiger partial charge in [-0.05, 0) is 30.9 Å². The number of nitrogens with one attached hydrogen (secondary N) is 2. The van der Waals surface area contributed by atoms with Crippen molar-refractivity contribution in [1.29, 1.82) is 0 Å². The van der Waals surface area contributed by atoms with Crippen molar-refractivity contribution in [2.75, 3.05) is 25.1 Å². The number of rotatable bonds is 6. The zero-order chi connectivity index (χ0) is 15.1. The molecule has 0 radical (unpaired) electrons. The third kappa shape index (κ3) is 5.27. The minimum Gasteiger partial charge on any atom is -0.491 e. The molecule has 1 fully saturated rings. The quantitative estimate of drug-likeness (QED) is 0.847. The van der Waals surface area contributed by atoms with E-state index in [1.807, 2.05) is 24.3 Å². The molecule has 0 saturated carbocycles. The highest BCUT2D eigenvalue weighted by Gasteiger charge is 2.16. The van der Waals surface area contributed by atoms with Gasteiger partial charge in [-0.2, -0.15) is 0 Å². The molecule has 1 atom stereocenters. The van der Waals surface area contributed by atoms with E-state index in [4.69, 9.17) is 9.47 Å². The third-order valence-electron chi connectivity index (χ3n) is 3.22. The van der Waals surface area contributed by atoms with Gasteiger partial charge in [0.2, 0.25) is 0 Å². The van der Waals surface area contributed by atoms with Crippen LogP contribution >= 0.6 is 0 Å². The molecule has 21 heavy (non-hydrogen) atoms. The van der Waals surface area contributed by atoms with Crippen LogP contribution in [0.2, 0.25) is 0 Å². The molecular weight excluding hydrogens is 268 g/mol. The number of ether oxygens (including phenoxy) is 2. The summed E-state index contributed by atoms with van der Waals surface area (Å²) in [7, 11) is 0. The zero-order valence-electron chi connectivity index (χ0n) is 12.7. The summed E-state index contributed by atoms with van der Waals surface area (Å²) in [5, 5.41) is 5.66. The molecule has 1 saturated heterocycles. The second-order valence-electron chi connectivity index (χ2n) is 5.67. The van der Waals surface area contributed by atoms with Gasteiger partial charge < -0.3 is 20.1 Å². The Kier molecular flexibility index (Phi) is 5.87. The number of carbonyl (C=O) groups excluding carboxylic acids is 1. The van der Waals surface area contributed by atoms with Crippen LogP contribution in [0.3, 0.4) is 0 Å². The van der Waals surface area contributed by atoms with Crippen molar-refractivity contribution in [1.82, 2.24) is 5.32 Å². The van der Waals surface area contributed by atoms with Crippen LogP contribution in [-0.4, -0.2) is 31.9 Å². The summed E-state index contributed by atoms with van der Waals surface area (Å²) in [5.74, 6) is 1.13. The lowest BCUT2D eigenvalue weighted by Crippen LogP contribution is -2.35. The summed E-state index contributed by atoms with van der Waals surface area (Å²) < 4.78 is 11.2. The van der Waals surface area contributed by atoms with Gasteiger partial charge in [-0.15, -0.1) is 0 Å². The van der Waals surface area contributed by atoms with E-state index in [1.54, 1.807) is 0 Å². The lowest BCUT2D eigenvalue weighted by atomic mass is 10.2. The van der Waals surface area contributed by atoms with E-state index in [0.717, 1.165) is 19.4 Å². The molecule has 1 unspecified atom stereocenters. The molecule has 1 aromatic rings. The van der Waals surface area contributed by atoms with Gasteiger partial charge in [0.15, 0.2) is 0 Å². The van der Waals surface area contributed by atoms with Gasteiger partial charge >= 0.3 is 6.03 Å². The molecule has 2 rings (SSSR count). The van der Waals surface area contributed by atoms with E-state index in [0.29, 0.717) is 30.5 Å². The molecule has 0 bridgehead atoms. The van der Waals surface area contributed by atoms with Gasteiger partial charge in [0, 0.05) is 13.2 Å². The van der Waals surface area contributed by atoms with Crippen molar-refractivity contribution in [3.8, 4) is 5.75 Å². The lowest BCUT2D eigenvalue weighted by molar-refractivity contribution is 0.112. The van der Waals surface area contributed by atoms with Gasteiger partial charge in [0.05, 0.1) is 18.4 Å². The Labute approximate surface area is 126 Å². The number of hydrogen-bond donors (Lipinski definition) is 2. The van der Waals surface area contributed by atoms with Crippen LogP contribution in [0.25, 0.3) is 0 Å². The number of carbonyl (C=O) groups is 1. The molecule has 0 spiro atoms. The molecule has 1 aliphatic rings. The first kappa shape index (κ1) is 15.6. The first-order valence-electron chi connectivity index (χ1n) is 7.53. The Morgan fingerprint density at radius 2 is 2.24 bits per heavy atom. The van der Waals surface area contributed by atoms with Crippen LogP contribution in [0.4, 0.5) is 10.5 Å². The third-order valence-corrected chi connectivity index (χ3v) is 3.22. The monoisotopic (exact) mass is 292 g/mol. The summed E-state index contributed by atoms with van der Waals surface area (Å²) in [6.07, 6.45) is 2.22. The normalized spacial score (nSPS) is 17.8. The van der Waals surface area contributed by atoms with E-state index in [2.05, 4.69) is 24.5 Å². The minimum absolute atomic E-state index is 0.142. The van der Waals surface area contributed by atoms with E-state index in [-0.39, 0.29) is 12.1 Å². The fourth-order valence-corrected chi connectivity index (χ4v) is 2.13. The van der Waals surface area contributed by atoms with Gasteiger partial charge in [-0.1, -0.05) is 26.0 Å². The molecule has 1 aliphatic heterocycles. The number of anilines is 1. The van der Waals surface area contributed by atoms with E-state index >= 15 is 0 Å². The van der Waals surface area contributed by atoms with Gasteiger partial charge in [-0.3, -0.25) is 0 Å². The molecule has 5 heteroatoms. The molecule has 1 heterocycles. The highest BCUT2D eigenvalue weighted by Crippen LogP contribution is 2.24. The van der Waals surface area contributed by atoms with Crippen LogP contribution in [0, 0.1) is 5.92 Å².